The Morgan fingerprint density at radius 3 is 3.04 bits per heavy atom. The van der Waals surface area contributed by atoms with Crippen molar-refractivity contribution < 1.29 is 9.53 Å². The number of carbonyl (C=O) groups is 1. The van der Waals surface area contributed by atoms with E-state index < -0.39 is 0 Å². The summed E-state index contributed by atoms with van der Waals surface area (Å²) < 4.78 is 5.85. The Balaban J connectivity index is 1.54. The van der Waals surface area contributed by atoms with Crippen molar-refractivity contribution in [3.05, 3.63) is 48.0 Å². The lowest BCUT2D eigenvalue weighted by atomic mass is 10.1. The topological polar surface area (TPSA) is 87.2 Å². The van der Waals surface area contributed by atoms with E-state index in [2.05, 4.69) is 19.9 Å². The number of nitrogens with zero attached hydrogens (tertiary/aromatic N) is 5. The predicted molar refractivity (Wildman–Crippen MR) is 97.0 cm³/mol. The molecule has 0 bridgehead atoms. The third-order valence-corrected chi connectivity index (χ3v) is 4.42. The maximum atomic E-state index is 12.9. The minimum Gasteiger partial charge on any atom is -0.368 e. The van der Waals surface area contributed by atoms with Crippen LogP contribution in [-0.2, 0) is 4.74 Å². The molecule has 8 heteroatoms. The van der Waals surface area contributed by atoms with Gasteiger partial charge in [0.2, 0.25) is 5.95 Å². The summed E-state index contributed by atoms with van der Waals surface area (Å²) in [5.41, 5.74) is 3.12. The molecule has 1 aliphatic rings. The van der Waals surface area contributed by atoms with Crippen LogP contribution in [0.15, 0.2) is 36.8 Å². The van der Waals surface area contributed by atoms with Gasteiger partial charge in [-0.1, -0.05) is 0 Å². The zero-order valence-corrected chi connectivity index (χ0v) is 14.7. The molecule has 1 fully saturated rings. The summed E-state index contributed by atoms with van der Waals surface area (Å²) in [5, 5.41) is 0. The first-order chi connectivity index (χ1) is 12.6. The van der Waals surface area contributed by atoms with Gasteiger partial charge in [-0.15, -0.1) is 0 Å². The highest BCUT2D eigenvalue weighted by Gasteiger charge is 2.27. The molecule has 1 N–H and O–H groups in total. The van der Waals surface area contributed by atoms with E-state index in [0.717, 1.165) is 16.7 Å². The number of hydrogen-bond donors (Lipinski definition) is 1. The number of fused-ring (bicyclic) bond motifs is 1. The number of amides is 1. The lowest BCUT2D eigenvalue weighted by Gasteiger charge is -2.33. The molecule has 0 saturated carbocycles. The predicted octanol–water partition coefficient (Wildman–Crippen LogP) is 1.63. The summed E-state index contributed by atoms with van der Waals surface area (Å²) in [4.78, 5) is 32.6. The Morgan fingerprint density at radius 1 is 1.31 bits per heavy atom. The van der Waals surface area contributed by atoms with Crippen molar-refractivity contribution in [1.29, 1.82) is 0 Å². The molecule has 1 aliphatic heterocycles. The standard InChI is InChI=1S/C18H20N6O2/c1-23(2)18-19-6-5-14(22-18)16-10-24(7-8-26-16)17(25)12-3-4-13-15(9-12)21-11-20-13/h3-6,9,11,16H,7-8,10H2,1-2H3,(H,20,21)/t16-/m0/s1. The van der Waals surface area contributed by atoms with Gasteiger partial charge in [-0.3, -0.25) is 4.79 Å². The van der Waals surface area contributed by atoms with Gasteiger partial charge in [-0.2, -0.15) is 0 Å². The van der Waals surface area contributed by atoms with E-state index in [1.54, 1.807) is 12.5 Å². The van der Waals surface area contributed by atoms with E-state index in [9.17, 15) is 4.79 Å². The minimum atomic E-state index is -0.259. The van der Waals surface area contributed by atoms with Gasteiger partial charge in [0.15, 0.2) is 0 Å². The normalized spacial score (nSPS) is 17.5. The fraction of sp³-hybridized carbons (Fsp3) is 0.333. The molecule has 0 radical (unpaired) electrons. The van der Waals surface area contributed by atoms with E-state index in [1.165, 1.54) is 0 Å². The minimum absolute atomic E-state index is 0.0170. The van der Waals surface area contributed by atoms with Crippen LogP contribution in [0.25, 0.3) is 11.0 Å². The van der Waals surface area contributed by atoms with Crippen LogP contribution in [0.1, 0.15) is 22.2 Å². The maximum Gasteiger partial charge on any atom is 0.254 e. The van der Waals surface area contributed by atoms with Crippen LogP contribution in [0.3, 0.4) is 0 Å². The number of hydrogen-bond acceptors (Lipinski definition) is 6. The molecule has 0 aliphatic carbocycles. The van der Waals surface area contributed by atoms with Gasteiger partial charge in [0.05, 0.1) is 36.2 Å². The molecular weight excluding hydrogens is 332 g/mol. The molecule has 8 nitrogen and oxygen atoms in total. The average molecular weight is 352 g/mol. The van der Waals surface area contributed by atoms with Crippen LogP contribution in [0.2, 0.25) is 0 Å². The SMILES string of the molecule is CN(C)c1nccc([C@@H]2CN(C(=O)c3ccc4nc[nH]c4c3)CCO2)n1. The third-order valence-electron chi connectivity index (χ3n) is 4.42. The molecule has 4 rings (SSSR count). The van der Waals surface area contributed by atoms with E-state index in [-0.39, 0.29) is 12.0 Å². The van der Waals surface area contributed by atoms with Crippen molar-refractivity contribution in [2.24, 2.45) is 0 Å². The highest BCUT2D eigenvalue weighted by Crippen LogP contribution is 2.23. The van der Waals surface area contributed by atoms with Crippen LogP contribution in [-0.4, -0.2) is 64.5 Å². The lowest BCUT2D eigenvalue weighted by molar-refractivity contribution is -0.0247. The van der Waals surface area contributed by atoms with Crippen LogP contribution in [0, 0.1) is 0 Å². The number of nitrogens with one attached hydrogen (secondary N) is 1. The zero-order valence-electron chi connectivity index (χ0n) is 14.7. The van der Waals surface area contributed by atoms with Crippen LogP contribution in [0.4, 0.5) is 5.95 Å². The molecule has 1 atom stereocenters. The summed E-state index contributed by atoms with van der Waals surface area (Å²) in [7, 11) is 3.78. The number of ether oxygens (including phenoxy) is 1. The van der Waals surface area contributed by atoms with Gasteiger partial charge in [0.1, 0.15) is 6.10 Å². The van der Waals surface area contributed by atoms with Gasteiger partial charge in [0, 0.05) is 32.4 Å². The van der Waals surface area contributed by atoms with Crippen LogP contribution >= 0.6 is 0 Å². The van der Waals surface area contributed by atoms with Crippen molar-refractivity contribution in [2.75, 3.05) is 38.7 Å². The quantitative estimate of drug-likeness (QED) is 0.771. The molecule has 3 aromatic rings. The summed E-state index contributed by atoms with van der Waals surface area (Å²) in [6, 6.07) is 7.34. The highest BCUT2D eigenvalue weighted by molar-refractivity contribution is 5.97. The Hall–Kier alpha value is -3.00. The summed E-state index contributed by atoms with van der Waals surface area (Å²) in [5.74, 6) is 0.607. The Labute approximate surface area is 150 Å². The van der Waals surface area contributed by atoms with Crippen molar-refractivity contribution in [3.8, 4) is 0 Å². The van der Waals surface area contributed by atoms with Crippen molar-refractivity contribution in [3.63, 3.8) is 0 Å². The Bertz CT molecular complexity index is 938. The molecule has 1 amide bonds. The molecule has 26 heavy (non-hydrogen) atoms. The van der Waals surface area contributed by atoms with Gasteiger partial charge in [-0.05, 0) is 24.3 Å². The molecule has 2 aromatic heterocycles. The number of morpholine rings is 1. The van der Waals surface area contributed by atoms with Crippen LogP contribution in [0.5, 0.6) is 0 Å². The first-order valence-corrected chi connectivity index (χ1v) is 8.46. The first-order valence-electron chi connectivity index (χ1n) is 8.46. The van der Waals surface area contributed by atoms with Gasteiger partial charge in [-0.25, -0.2) is 15.0 Å². The monoisotopic (exact) mass is 352 g/mol. The molecule has 134 valence electrons. The molecular formula is C18H20N6O2. The van der Waals surface area contributed by atoms with Gasteiger partial charge < -0.3 is 19.5 Å². The number of imidazole rings is 1. The fourth-order valence-corrected chi connectivity index (χ4v) is 3.02. The zero-order chi connectivity index (χ0) is 18.1. The van der Waals surface area contributed by atoms with Crippen molar-refractivity contribution in [2.45, 2.75) is 6.10 Å². The number of H-pyrrole nitrogens is 1. The molecule has 3 heterocycles. The lowest BCUT2D eigenvalue weighted by Crippen LogP contribution is -2.42. The number of anilines is 1. The number of carbonyl (C=O) groups excluding carboxylic acids is 1. The van der Waals surface area contributed by atoms with E-state index >= 15 is 0 Å². The largest absolute Gasteiger partial charge is 0.368 e. The van der Waals surface area contributed by atoms with Gasteiger partial charge >= 0.3 is 0 Å². The smallest absolute Gasteiger partial charge is 0.254 e. The number of aromatic amines is 1. The second-order valence-corrected chi connectivity index (χ2v) is 6.42. The maximum absolute atomic E-state index is 12.9. The second-order valence-electron chi connectivity index (χ2n) is 6.42. The van der Waals surface area contributed by atoms with E-state index in [0.29, 0.717) is 31.2 Å². The van der Waals surface area contributed by atoms with Gasteiger partial charge in [0.25, 0.3) is 5.91 Å². The Kier molecular flexibility index (Phi) is 4.26. The van der Waals surface area contributed by atoms with E-state index in [4.69, 9.17) is 4.74 Å². The third kappa shape index (κ3) is 3.11. The summed E-state index contributed by atoms with van der Waals surface area (Å²) in [6.07, 6.45) is 3.08. The second kappa shape index (κ2) is 6.72. The molecule has 0 spiro atoms. The number of benzene rings is 1. The average Bonchev–Trinajstić information content (AvgIpc) is 3.15. The first kappa shape index (κ1) is 16.5. The molecule has 0 unspecified atom stereocenters. The van der Waals surface area contributed by atoms with E-state index in [1.807, 2.05) is 48.2 Å². The van der Waals surface area contributed by atoms with Crippen molar-refractivity contribution in [1.82, 2.24) is 24.8 Å². The molecule has 1 saturated heterocycles. The van der Waals surface area contributed by atoms with Crippen molar-refractivity contribution >= 4 is 22.9 Å². The number of rotatable bonds is 3. The van der Waals surface area contributed by atoms with Crippen LogP contribution < -0.4 is 4.90 Å². The molecule has 1 aromatic carbocycles. The Morgan fingerprint density at radius 2 is 2.19 bits per heavy atom. The summed E-state index contributed by atoms with van der Waals surface area (Å²) in [6.45, 7) is 1.50. The fourth-order valence-electron chi connectivity index (χ4n) is 3.02. The summed E-state index contributed by atoms with van der Waals surface area (Å²) >= 11 is 0. The highest BCUT2D eigenvalue weighted by atomic mass is 16.5. The number of aromatic nitrogens is 4.